The van der Waals surface area contributed by atoms with Gasteiger partial charge in [0.25, 0.3) is 0 Å². The maximum atomic E-state index is 8.55. The number of rotatable bonds is 0. The van der Waals surface area contributed by atoms with E-state index in [1.165, 1.54) is 0 Å². The van der Waals surface area contributed by atoms with E-state index in [-0.39, 0.29) is 5.41 Å². The van der Waals surface area contributed by atoms with Crippen LogP contribution in [0.2, 0.25) is 0 Å². The topological polar surface area (TPSA) is 23.8 Å². The highest BCUT2D eigenvalue weighted by Crippen LogP contribution is 2.42. The summed E-state index contributed by atoms with van der Waals surface area (Å²) in [5.74, 6) is 1.99. The van der Waals surface area contributed by atoms with Crippen molar-refractivity contribution in [3.63, 3.8) is 0 Å². The Balaban J connectivity index is 2.56. The number of nitrogens with zero attached hydrogens (tertiary/aromatic N) is 1. The first-order valence-corrected chi connectivity index (χ1v) is 4.91. The molecule has 0 radical (unpaired) electrons. The van der Waals surface area contributed by atoms with E-state index < -0.39 is 0 Å². The predicted octanol–water partition coefficient (Wildman–Crippen LogP) is 1.91. The fraction of sp³-hybridized carbons (Fsp3) is 0.800. The zero-order valence-electron chi connectivity index (χ0n) is 4.68. The van der Waals surface area contributed by atoms with E-state index in [2.05, 4.69) is 6.07 Å². The smallest absolute Gasteiger partial charge is 0.0742 e. The fourth-order valence-corrected chi connectivity index (χ4v) is 3.66. The van der Waals surface area contributed by atoms with Gasteiger partial charge in [-0.25, -0.2) is 0 Å². The van der Waals surface area contributed by atoms with Gasteiger partial charge in [-0.1, -0.05) is 21.6 Å². The molecule has 0 saturated carbocycles. The SMILES string of the molecule is CC1(C#N)CSSC1. The molecular formula is C5H7NS2. The van der Waals surface area contributed by atoms with Crippen LogP contribution >= 0.6 is 21.6 Å². The van der Waals surface area contributed by atoms with Gasteiger partial charge in [0, 0.05) is 11.5 Å². The lowest BCUT2D eigenvalue weighted by Gasteiger charge is -2.07. The molecule has 0 amide bonds. The molecule has 0 aromatic carbocycles. The molecule has 0 bridgehead atoms. The standard InChI is InChI=1S/C5H7NS2/c1-5(2-6)3-7-8-4-5/h3-4H2,1H3. The van der Waals surface area contributed by atoms with E-state index in [0.29, 0.717) is 0 Å². The normalized spacial score (nSPS) is 25.0. The summed E-state index contributed by atoms with van der Waals surface area (Å²) in [5.41, 5.74) is -0.0324. The highest BCUT2D eigenvalue weighted by atomic mass is 33.1. The second-order valence-corrected chi connectivity index (χ2v) is 4.66. The first-order chi connectivity index (χ1) is 3.77. The minimum Gasteiger partial charge on any atom is -0.198 e. The van der Waals surface area contributed by atoms with Gasteiger partial charge >= 0.3 is 0 Å². The number of nitriles is 1. The van der Waals surface area contributed by atoms with E-state index in [1.54, 1.807) is 21.6 Å². The molecule has 0 unspecified atom stereocenters. The van der Waals surface area contributed by atoms with Crippen molar-refractivity contribution < 1.29 is 0 Å². The Morgan fingerprint density at radius 3 is 2.25 bits per heavy atom. The Kier molecular flexibility index (Phi) is 1.74. The van der Waals surface area contributed by atoms with Gasteiger partial charge in [-0.15, -0.1) is 0 Å². The summed E-state index contributed by atoms with van der Waals surface area (Å²) in [6.07, 6.45) is 0. The lowest BCUT2D eigenvalue weighted by Crippen LogP contribution is -2.14. The lowest BCUT2D eigenvalue weighted by atomic mass is 9.99. The first kappa shape index (κ1) is 6.31. The van der Waals surface area contributed by atoms with E-state index in [1.807, 2.05) is 6.92 Å². The van der Waals surface area contributed by atoms with Crippen LogP contribution in [0.15, 0.2) is 0 Å². The molecule has 1 rings (SSSR count). The molecule has 1 nitrogen and oxygen atoms in total. The van der Waals surface area contributed by atoms with Crippen molar-refractivity contribution in [1.29, 1.82) is 5.26 Å². The average molecular weight is 145 g/mol. The van der Waals surface area contributed by atoms with E-state index in [9.17, 15) is 0 Å². The van der Waals surface area contributed by atoms with Gasteiger partial charge in [0.15, 0.2) is 0 Å². The maximum absolute atomic E-state index is 8.55. The van der Waals surface area contributed by atoms with Gasteiger partial charge in [0.2, 0.25) is 0 Å². The molecule has 0 aromatic rings. The third kappa shape index (κ3) is 1.12. The van der Waals surface area contributed by atoms with Crippen LogP contribution in [0, 0.1) is 16.7 Å². The molecule has 44 valence electrons. The molecular weight excluding hydrogens is 138 g/mol. The molecule has 1 heterocycles. The van der Waals surface area contributed by atoms with Crippen molar-refractivity contribution >= 4 is 21.6 Å². The number of hydrogen-bond donors (Lipinski definition) is 0. The van der Waals surface area contributed by atoms with Crippen molar-refractivity contribution in [1.82, 2.24) is 0 Å². The summed E-state index contributed by atoms with van der Waals surface area (Å²) in [4.78, 5) is 0. The third-order valence-corrected chi connectivity index (χ3v) is 3.99. The predicted molar refractivity (Wildman–Crippen MR) is 38.6 cm³/mol. The quantitative estimate of drug-likeness (QED) is 0.486. The van der Waals surface area contributed by atoms with Crippen molar-refractivity contribution in [2.75, 3.05) is 11.5 Å². The van der Waals surface area contributed by atoms with Gasteiger partial charge in [-0.2, -0.15) is 5.26 Å². The summed E-state index contributed by atoms with van der Waals surface area (Å²) in [6, 6.07) is 2.30. The third-order valence-electron chi connectivity index (χ3n) is 1.11. The van der Waals surface area contributed by atoms with E-state index in [4.69, 9.17) is 5.26 Å². The van der Waals surface area contributed by atoms with E-state index >= 15 is 0 Å². The minimum atomic E-state index is -0.0324. The Morgan fingerprint density at radius 1 is 1.50 bits per heavy atom. The Bertz CT molecular complexity index is 121. The minimum absolute atomic E-state index is 0.0324. The molecule has 0 atom stereocenters. The second-order valence-electron chi connectivity index (χ2n) is 2.20. The van der Waals surface area contributed by atoms with Crippen LogP contribution in [0.25, 0.3) is 0 Å². The van der Waals surface area contributed by atoms with Crippen molar-refractivity contribution in [3.05, 3.63) is 0 Å². The first-order valence-electron chi connectivity index (χ1n) is 2.42. The van der Waals surface area contributed by atoms with Crippen molar-refractivity contribution in [2.24, 2.45) is 5.41 Å². The number of hydrogen-bond acceptors (Lipinski definition) is 3. The highest BCUT2D eigenvalue weighted by Gasteiger charge is 2.29. The van der Waals surface area contributed by atoms with Crippen LogP contribution in [-0.4, -0.2) is 11.5 Å². The Labute approximate surface area is 57.2 Å². The van der Waals surface area contributed by atoms with Gasteiger partial charge in [-0.3, -0.25) is 0 Å². The van der Waals surface area contributed by atoms with Crippen LogP contribution in [0.1, 0.15) is 6.92 Å². The van der Waals surface area contributed by atoms with Gasteiger partial charge < -0.3 is 0 Å². The summed E-state index contributed by atoms with van der Waals surface area (Å²) in [7, 11) is 3.60. The largest absolute Gasteiger partial charge is 0.198 e. The zero-order chi connectivity index (χ0) is 6.04. The molecule has 0 aliphatic carbocycles. The summed E-state index contributed by atoms with van der Waals surface area (Å²) >= 11 is 0. The zero-order valence-corrected chi connectivity index (χ0v) is 6.31. The molecule has 1 fully saturated rings. The van der Waals surface area contributed by atoms with Crippen LogP contribution in [0.4, 0.5) is 0 Å². The summed E-state index contributed by atoms with van der Waals surface area (Å²) in [5, 5.41) is 8.55. The van der Waals surface area contributed by atoms with Crippen LogP contribution in [0.3, 0.4) is 0 Å². The molecule has 0 spiro atoms. The van der Waals surface area contributed by atoms with Crippen molar-refractivity contribution in [2.45, 2.75) is 6.92 Å². The van der Waals surface area contributed by atoms with Gasteiger partial charge in [0.05, 0.1) is 11.5 Å². The van der Waals surface area contributed by atoms with Crippen molar-refractivity contribution in [3.8, 4) is 6.07 Å². The molecule has 8 heavy (non-hydrogen) atoms. The lowest BCUT2D eigenvalue weighted by molar-refractivity contribution is 0.594. The van der Waals surface area contributed by atoms with Crippen LogP contribution in [-0.2, 0) is 0 Å². The monoisotopic (exact) mass is 145 g/mol. The molecule has 3 heteroatoms. The van der Waals surface area contributed by atoms with Crippen LogP contribution in [0.5, 0.6) is 0 Å². The fourth-order valence-electron chi connectivity index (χ4n) is 0.450. The Hall–Kier alpha value is 0.190. The van der Waals surface area contributed by atoms with Gasteiger partial charge in [0.1, 0.15) is 0 Å². The van der Waals surface area contributed by atoms with E-state index in [0.717, 1.165) is 11.5 Å². The molecule has 0 aromatic heterocycles. The molecule has 1 aliphatic heterocycles. The average Bonchev–Trinajstić information content (AvgIpc) is 2.17. The van der Waals surface area contributed by atoms with Gasteiger partial charge in [-0.05, 0) is 6.92 Å². The molecule has 0 N–H and O–H groups in total. The molecule has 1 saturated heterocycles. The second kappa shape index (κ2) is 2.20. The summed E-state index contributed by atoms with van der Waals surface area (Å²) in [6.45, 7) is 2.01. The summed E-state index contributed by atoms with van der Waals surface area (Å²) < 4.78 is 0. The van der Waals surface area contributed by atoms with Crippen LogP contribution < -0.4 is 0 Å². The highest BCUT2D eigenvalue weighted by molar-refractivity contribution is 8.77. The molecule has 1 aliphatic rings. The Morgan fingerprint density at radius 2 is 2.00 bits per heavy atom. The maximum Gasteiger partial charge on any atom is 0.0742 e.